The number of carbonyl (C=O) groups is 2. The van der Waals surface area contributed by atoms with Gasteiger partial charge in [-0.25, -0.2) is 0 Å². The Hall–Kier alpha value is -1.44. The van der Waals surface area contributed by atoms with Crippen molar-refractivity contribution in [2.24, 2.45) is 10.7 Å². The molecule has 0 radical (unpaired) electrons. The maximum Gasteiger partial charge on any atom is 0.217 e. The highest BCUT2D eigenvalue weighted by atomic mass is 127. The molecule has 0 saturated carbocycles. The summed E-state index contributed by atoms with van der Waals surface area (Å²) < 4.78 is -0.127. The number of phenols is 1. The van der Waals surface area contributed by atoms with Gasteiger partial charge in [-0.1, -0.05) is 6.07 Å². The average Bonchev–Trinajstić information content (AvgIpc) is 2.29. The number of nitrogens with two attached hydrogens (primary N) is 1. The topological polar surface area (TPSA) is 92.8 Å². The smallest absolute Gasteiger partial charge is 0.217 e. The van der Waals surface area contributed by atoms with Crippen molar-refractivity contribution in [1.82, 2.24) is 0 Å². The molecule has 96 valence electrons. The van der Waals surface area contributed by atoms with Gasteiger partial charge >= 0.3 is 0 Å². The lowest BCUT2D eigenvalue weighted by Crippen LogP contribution is -2.20. The van der Waals surface area contributed by atoms with Gasteiger partial charge in [0.25, 0.3) is 0 Å². The molecule has 1 aromatic rings. The van der Waals surface area contributed by atoms with Crippen LogP contribution < -0.4 is 5.73 Å². The molecule has 1 rings (SSSR count). The van der Waals surface area contributed by atoms with Gasteiger partial charge in [0.2, 0.25) is 3.79 Å². The van der Waals surface area contributed by atoms with E-state index in [-0.39, 0.29) is 15.1 Å². The quantitative estimate of drug-likeness (QED) is 0.273. The Bertz CT molecular complexity index is 496. The predicted octanol–water partition coefficient (Wildman–Crippen LogP) is 1.45. The number of aldehydes is 1. The summed E-state index contributed by atoms with van der Waals surface area (Å²) >= 11 is 1.67. The van der Waals surface area contributed by atoms with Gasteiger partial charge in [-0.2, -0.15) is 0 Å². The fourth-order valence-electron chi connectivity index (χ4n) is 1.47. The molecule has 1 atom stereocenters. The summed E-state index contributed by atoms with van der Waals surface area (Å²) in [5, 5.41) is 9.38. The van der Waals surface area contributed by atoms with Crippen LogP contribution in [0, 0.1) is 0 Å². The van der Waals surface area contributed by atoms with Crippen molar-refractivity contribution in [3.8, 4) is 5.75 Å². The van der Waals surface area contributed by atoms with Crippen molar-refractivity contribution in [3.63, 3.8) is 0 Å². The predicted molar refractivity (Wildman–Crippen MR) is 77.3 cm³/mol. The number of rotatable bonds is 5. The Morgan fingerprint density at radius 3 is 2.78 bits per heavy atom. The molecular weight excluding hydrogens is 347 g/mol. The highest BCUT2D eigenvalue weighted by molar-refractivity contribution is 14.1. The molecule has 0 aliphatic carbocycles. The van der Waals surface area contributed by atoms with Gasteiger partial charge in [0.15, 0.2) is 6.29 Å². The molecule has 1 unspecified atom stereocenters. The van der Waals surface area contributed by atoms with Crippen molar-refractivity contribution in [3.05, 3.63) is 29.3 Å². The van der Waals surface area contributed by atoms with Gasteiger partial charge < -0.3 is 10.8 Å². The summed E-state index contributed by atoms with van der Waals surface area (Å²) in [6.07, 6.45) is 0.911. The van der Waals surface area contributed by atoms with E-state index < -0.39 is 6.04 Å². The van der Waals surface area contributed by atoms with E-state index in [2.05, 4.69) is 4.99 Å². The first kappa shape index (κ1) is 14.6. The van der Waals surface area contributed by atoms with Gasteiger partial charge in [0, 0.05) is 29.0 Å². The Kier molecular flexibility index (Phi) is 5.26. The van der Waals surface area contributed by atoms with Crippen LogP contribution in [0.5, 0.6) is 5.75 Å². The molecule has 0 saturated heterocycles. The minimum atomic E-state index is -0.570. The Morgan fingerprint density at radius 1 is 1.61 bits per heavy atom. The van der Waals surface area contributed by atoms with Crippen molar-refractivity contribution in [1.29, 1.82) is 0 Å². The van der Waals surface area contributed by atoms with E-state index in [1.165, 1.54) is 12.1 Å². The van der Waals surface area contributed by atoms with Crippen LogP contribution in [0.1, 0.15) is 22.8 Å². The monoisotopic (exact) mass is 360 g/mol. The standard InChI is InChI=1S/C12H13IN2O3/c1-7(14)15-10(12(13)18)5-8-2-3-11(17)9(4-8)6-16/h2-4,6,10,17H,5H2,1H3,(H2,14,15). The molecule has 5 nitrogen and oxygen atoms in total. The third-order valence-corrected chi connectivity index (χ3v) is 2.99. The van der Waals surface area contributed by atoms with Gasteiger partial charge in [-0.05, 0) is 24.6 Å². The van der Waals surface area contributed by atoms with Gasteiger partial charge in [0.1, 0.15) is 11.8 Å². The minimum Gasteiger partial charge on any atom is -0.507 e. The van der Waals surface area contributed by atoms with E-state index in [9.17, 15) is 14.7 Å². The number of halogens is 1. The summed E-state index contributed by atoms with van der Waals surface area (Å²) in [5.74, 6) is 0.254. The van der Waals surface area contributed by atoms with E-state index in [0.29, 0.717) is 18.5 Å². The molecule has 0 amide bonds. The fraction of sp³-hybridized carbons (Fsp3) is 0.250. The number of aromatic hydroxyl groups is 1. The summed E-state index contributed by atoms with van der Waals surface area (Å²) in [6.45, 7) is 1.61. The van der Waals surface area contributed by atoms with Gasteiger partial charge in [0.05, 0.1) is 11.4 Å². The zero-order valence-electron chi connectivity index (χ0n) is 9.76. The van der Waals surface area contributed by atoms with E-state index >= 15 is 0 Å². The molecule has 0 aromatic heterocycles. The Morgan fingerprint density at radius 2 is 2.28 bits per heavy atom. The number of carbonyl (C=O) groups excluding carboxylic acids is 2. The van der Waals surface area contributed by atoms with Gasteiger partial charge in [-0.15, -0.1) is 0 Å². The molecule has 6 heteroatoms. The van der Waals surface area contributed by atoms with E-state index in [1.807, 2.05) is 0 Å². The van der Waals surface area contributed by atoms with Crippen molar-refractivity contribution < 1.29 is 14.7 Å². The van der Waals surface area contributed by atoms with Crippen molar-refractivity contribution in [2.45, 2.75) is 19.4 Å². The number of phenolic OH excluding ortho intramolecular Hbond substituents is 1. The number of benzene rings is 1. The van der Waals surface area contributed by atoms with Gasteiger partial charge in [-0.3, -0.25) is 14.6 Å². The van der Waals surface area contributed by atoms with E-state index in [0.717, 1.165) is 5.56 Å². The second-order valence-electron chi connectivity index (χ2n) is 3.81. The summed E-state index contributed by atoms with van der Waals surface area (Å²) in [5.41, 5.74) is 6.40. The first-order valence-corrected chi connectivity index (χ1v) is 6.28. The van der Waals surface area contributed by atoms with E-state index in [1.54, 1.807) is 35.6 Å². The van der Waals surface area contributed by atoms with Crippen LogP contribution in [0.15, 0.2) is 23.2 Å². The first-order valence-electron chi connectivity index (χ1n) is 5.20. The van der Waals surface area contributed by atoms with Crippen LogP contribution >= 0.6 is 22.6 Å². The first-order chi connectivity index (χ1) is 8.43. The molecular formula is C12H13IN2O3. The Balaban J connectivity index is 2.97. The molecule has 0 aliphatic heterocycles. The highest BCUT2D eigenvalue weighted by Crippen LogP contribution is 2.18. The molecule has 0 spiro atoms. The largest absolute Gasteiger partial charge is 0.507 e. The van der Waals surface area contributed by atoms with E-state index in [4.69, 9.17) is 5.73 Å². The summed E-state index contributed by atoms with van der Waals surface area (Å²) in [4.78, 5) is 26.1. The third-order valence-electron chi connectivity index (χ3n) is 2.27. The van der Waals surface area contributed by atoms with Crippen molar-refractivity contribution in [2.75, 3.05) is 0 Å². The van der Waals surface area contributed by atoms with Crippen LogP contribution in [0.4, 0.5) is 0 Å². The lowest BCUT2D eigenvalue weighted by atomic mass is 10.0. The van der Waals surface area contributed by atoms with Crippen molar-refractivity contribution >= 4 is 38.5 Å². The maximum absolute atomic E-state index is 11.4. The van der Waals surface area contributed by atoms with Crippen LogP contribution in [0.2, 0.25) is 0 Å². The highest BCUT2D eigenvalue weighted by Gasteiger charge is 2.16. The zero-order chi connectivity index (χ0) is 13.7. The fourth-order valence-corrected chi connectivity index (χ4v) is 1.83. The third kappa shape index (κ3) is 4.10. The number of amidine groups is 1. The number of hydrogen-bond donors (Lipinski definition) is 2. The summed E-state index contributed by atoms with van der Waals surface area (Å²) in [7, 11) is 0. The molecule has 0 aliphatic rings. The minimum absolute atomic E-state index is 0.0791. The second-order valence-corrected chi connectivity index (χ2v) is 4.87. The molecule has 0 bridgehead atoms. The average molecular weight is 360 g/mol. The van der Waals surface area contributed by atoms with Crippen LogP contribution in [-0.2, 0) is 11.2 Å². The molecule has 0 fully saturated rings. The molecule has 1 aromatic carbocycles. The number of aliphatic imine (C=N–C) groups is 1. The molecule has 18 heavy (non-hydrogen) atoms. The number of hydrogen-bond acceptors (Lipinski definition) is 4. The molecule has 0 heterocycles. The van der Waals surface area contributed by atoms with Crippen LogP contribution in [0.25, 0.3) is 0 Å². The normalized spacial score (nSPS) is 13.1. The SMILES string of the molecule is CC(N)=NC(Cc1ccc(O)c(C=O)c1)C(=O)I. The Labute approximate surface area is 118 Å². The second kappa shape index (κ2) is 6.48. The zero-order valence-corrected chi connectivity index (χ0v) is 11.9. The van der Waals surface area contributed by atoms with Crippen LogP contribution in [0.3, 0.4) is 0 Å². The lowest BCUT2D eigenvalue weighted by Gasteiger charge is -2.09. The van der Waals surface area contributed by atoms with Crippen LogP contribution in [-0.4, -0.2) is 27.1 Å². The lowest BCUT2D eigenvalue weighted by molar-refractivity contribution is -0.110. The number of nitrogens with zero attached hydrogens (tertiary/aromatic N) is 1. The molecule has 3 N–H and O–H groups in total. The maximum atomic E-state index is 11.4. The summed E-state index contributed by atoms with van der Waals surface area (Å²) in [6, 6.07) is 4.04.